The summed E-state index contributed by atoms with van der Waals surface area (Å²) in [5.74, 6) is -0.874. The standard InChI is InChI=1S/C19H25ClN2O5S/c1-2-27-19(24)14-5-3-11-21(13-14)18(23)17-6-4-12-22(17)28(25,26)16-9-7-15(20)8-10-16/h7-10,14,17H,2-6,11-13H2,1H3. The maximum Gasteiger partial charge on any atom is 0.310 e. The van der Waals surface area contributed by atoms with Crippen LogP contribution in [0.5, 0.6) is 0 Å². The normalized spacial score (nSPS) is 23.6. The molecule has 2 aliphatic rings. The Morgan fingerprint density at radius 1 is 1.14 bits per heavy atom. The van der Waals surface area contributed by atoms with Crippen LogP contribution >= 0.6 is 11.6 Å². The minimum atomic E-state index is -3.79. The van der Waals surface area contributed by atoms with Crippen molar-refractivity contribution in [3.8, 4) is 0 Å². The average Bonchev–Trinajstić information content (AvgIpc) is 3.19. The second kappa shape index (κ2) is 8.80. The predicted octanol–water partition coefficient (Wildman–Crippen LogP) is 2.29. The number of nitrogens with zero attached hydrogens (tertiary/aromatic N) is 2. The molecule has 7 nitrogen and oxygen atoms in total. The molecular weight excluding hydrogens is 404 g/mol. The summed E-state index contributed by atoms with van der Waals surface area (Å²) in [6.07, 6.45) is 2.48. The van der Waals surface area contributed by atoms with Gasteiger partial charge in [0.05, 0.1) is 17.4 Å². The van der Waals surface area contributed by atoms with E-state index in [-0.39, 0.29) is 29.2 Å². The molecule has 2 heterocycles. The summed E-state index contributed by atoms with van der Waals surface area (Å²) >= 11 is 5.86. The number of esters is 1. The third-order valence-corrected chi connectivity index (χ3v) is 7.44. The molecule has 2 fully saturated rings. The van der Waals surface area contributed by atoms with Gasteiger partial charge in [-0.05, 0) is 56.9 Å². The van der Waals surface area contributed by atoms with Crippen molar-refractivity contribution in [1.29, 1.82) is 0 Å². The van der Waals surface area contributed by atoms with Crippen LogP contribution in [0.4, 0.5) is 0 Å². The average molecular weight is 429 g/mol. The van der Waals surface area contributed by atoms with E-state index in [0.29, 0.717) is 50.4 Å². The lowest BCUT2D eigenvalue weighted by atomic mass is 9.97. The second-order valence-electron chi connectivity index (χ2n) is 7.10. The lowest BCUT2D eigenvalue weighted by molar-refractivity contribution is -0.151. The summed E-state index contributed by atoms with van der Waals surface area (Å²) in [4.78, 5) is 26.9. The fourth-order valence-electron chi connectivity index (χ4n) is 3.86. The van der Waals surface area contributed by atoms with Gasteiger partial charge in [-0.1, -0.05) is 11.6 Å². The number of piperidine rings is 1. The van der Waals surface area contributed by atoms with E-state index in [2.05, 4.69) is 0 Å². The number of benzene rings is 1. The molecule has 2 saturated heterocycles. The molecule has 0 aromatic heterocycles. The molecule has 9 heteroatoms. The zero-order valence-electron chi connectivity index (χ0n) is 15.8. The van der Waals surface area contributed by atoms with Gasteiger partial charge in [0.25, 0.3) is 0 Å². The van der Waals surface area contributed by atoms with Crippen LogP contribution in [0, 0.1) is 5.92 Å². The Bertz CT molecular complexity index is 827. The van der Waals surface area contributed by atoms with E-state index < -0.39 is 16.1 Å². The van der Waals surface area contributed by atoms with Gasteiger partial charge < -0.3 is 9.64 Å². The number of carbonyl (C=O) groups is 2. The quantitative estimate of drug-likeness (QED) is 0.672. The van der Waals surface area contributed by atoms with E-state index in [4.69, 9.17) is 16.3 Å². The number of halogens is 1. The summed E-state index contributed by atoms with van der Waals surface area (Å²) in [6.45, 7) is 3.17. The van der Waals surface area contributed by atoms with Crippen molar-refractivity contribution in [3.63, 3.8) is 0 Å². The SMILES string of the molecule is CCOC(=O)C1CCCN(C(=O)C2CCCN2S(=O)(=O)c2ccc(Cl)cc2)C1. The number of hydrogen-bond donors (Lipinski definition) is 0. The fraction of sp³-hybridized carbons (Fsp3) is 0.579. The molecule has 0 N–H and O–H groups in total. The first-order valence-corrected chi connectivity index (χ1v) is 11.4. The van der Waals surface area contributed by atoms with E-state index in [1.54, 1.807) is 11.8 Å². The summed E-state index contributed by atoms with van der Waals surface area (Å²) < 4.78 is 32.4. The highest BCUT2D eigenvalue weighted by atomic mass is 35.5. The molecule has 1 aromatic carbocycles. The second-order valence-corrected chi connectivity index (χ2v) is 9.43. The van der Waals surface area contributed by atoms with Gasteiger partial charge in [0, 0.05) is 24.7 Å². The number of hydrogen-bond acceptors (Lipinski definition) is 5. The van der Waals surface area contributed by atoms with Crippen LogP contribution in [0.1, 0.15) is 32.6 Å². The lowest BCUT2D eigenvalue weighted by Gasteiger charge is -2.35. The van der Waals surface area contributed by atoms with Crippen molar-refractivity contribution < 1.29 is 22.7 Å². The number of amides is 1. The maximum absolute atomic E-state index is 13.1. The Morgan fingerprint density at radius 3 is 2.50 bits per heavy atom. The molecule has 0 saturated carbocycles. The van der Waals surface area contributed by atoms with Gasteiger partial charge in [-0.25, -0.2) is 8.42 Å². The van der Waals surface area contributed by atoms with Gasteiger partial charge in [-0.2, -0.15) is 4.31 Å². The van der Waals surface area contributed by atoms with Crippen LogP contribution in [0.15, 0.2) is 29.2 Å². The van der Waals surface area contributed by atoms with Crippen molar-refractivity contribution in [1.82, 2.24) is 9.21 Å². The van der Waals surface area contributed by atoms with Gasteiger partial charge in [-0.15, -0.1) is 0 Å². The minimum Gasteiger partial charge on any atom is -0.466 e. The summed E-state index contributed by atoms with van der Waals surface area (Å²) in [5, 5.41) is 0.450. The summed E-state index contributed by atoms with van der Waals surface area (Å²) in [6, 6.07) is 5.22. The third kappa shape index (κ3) is 4.34. The minimum absolute atomic E-state index is 0.125. The molecule has 0 spiro atoms. The predicted molar refractivity (Wildman–Crippen MR) is 104 cm³/mol. The molecule has 0 aliphatic carbocycles. The fourth-order valence-corrected chi connectivity index (χ4v) is 5.63. The topological polar surface area (TPSA) is 84.0 Å². The zero-order chi connectivity index (χ0) is 20.3. The zero-order valence-corrected chi connectivity index (χ0v) is 17.4. The highest BCUT2D eigenvalue weighted by molar-refractivity contribution is 7.89. The molecule has 0 bridgehead atoms. The lowest BCUT2D eigenvalue weighted by Crippen LogP contribution is -2.51. The highest BCUT2D eigenvalue weighted by Gasteiger charge is 2.42. The first-order valence-electron chi connectivity index (χ1n) is 9.57. The van der Waals surface area contributed by atoms with Crippen LogP contribution in [-0.4, -0.2) is 61.8 Å². The molecule has 2 aliphatic heterocycles. The molecule has 2 unspecified atom stereocenters. The van der Waals surface area contributed by atoms with Crippen molar-refractivity contribution in [2.24, 2.45) is 5.92 Å². The van der Waals surface area contributed by atoms with Crippen molar-refractivity contribution in [2.75, 3.05) is 26.2 Å². The largest absolute Gasteiger partial charge is 0.466 e. The summed E-state index contributed by atoms with van der Waals surface area (Å²) in [5.41, 5.74) is 0. The molecular formula is C19H25ClN2O5S. The van der Waals surface area contributed by atoms with Gasteiger partial charge in [-0.3, -0.25) is 9.59 Å². The number of ether oxygens (including phenoxy) is 1. The number of likely N-dealkylation sites (tertiary alicyclic amines) is 1. The Balaban J connectivity index is 1.75. The summed E-state index contributed by atoms with van der Waals surface area (Å²) in [7, 11) is -3.79. The van der Waals surface area contributed by atoms with E-state index in [1.807, 2.05) is 0 Å². The Kier molecular flexibility index (Phi) is 6.62. The first-order chi connectivity index (χ1) is 13.3. The van der Waals surface area contributed by atoms with Crippen LogP contribution < -0.4 is 0 Å². The third-order valence-electron chi connectivity index (χ3n) is 5.26. The van der Waals surface area contributed by atoms with Gasteiger partial charge in [0.2, 0.25) is 15.9 Å². The van der Waals surface area contributed by atoms with Crippen LogP contribution in [0.25, 0.3) is 0 Å². The van der Waals surface area contributed by atoms with Gasteiger partial charge in [0.15, 0.2) is 0 Å². The molecule has 154 valence electrons. The van der Waals surface area contributed by atoms with Crippen LogP contribution in [0.3, 0.4) is 0 Å². The van der Waals surface area contributed by atoms with Gasteiger partial charge in [0.1, 0.15) is 6.04 Å². The van der Waals surface area contributed by atoms with E-state index in [0.717, 1.165) is 0 Å². The van der Waals surface area contributed by atoms with E-state index >= 15 is 0 Å². The monoisotopic (exact) mass is 428 g/mol. The van der Waals surface area contributed by atoms with Gasteiger partial charge >= 0.3 is 5.97 Å². The molecule has 1 aromatic rings. The van der Waals surface area contributed by atoms with Crippen molar-refractivity contribution in [3.05, 3.63) is 29.3 Å². The van der Waals surface area contributed by atoms with Crippen molar-refractivity contribution >= 4 is 33.5 Å². The molecule has 3 rings (SSSR count). The van der Waals surface area contributed by atoms with Crippen molar-refractivity contribution in [2.45, 2.75) is 43.5 Å². The molecule has 28 heavy (non-hydrogen) atoms. The maximum atomic E-state index is 13.1. The molecule has 0 radical (unpaired) electrons. The molecule has 1 amide bonds. The van der Waals surface area contributed by atoms with E-state index in [9.17, 15) is 18.0 Å². The Labute approximate surface area is 170 Å². The first kappa shape index (κ1) is 21.1. The highest BCUT2D eigenvalue weighted by Crippen LogP contribution is 2.29. The number of sulfonamides is 1. The number of rotatable bonds is 5. The Morgan fingerprint density at radius 2 is 1.82 bits per heavy atom. The Hall–Kier alpha value is -1.64. The van der Waals surface area contributed by atoms with E-state index in [1.165, 1.54) is 28.6 Å². The van der Waals surface area contributed by atoms with Crippen LogP contribution in [0.2, 0.25) is 5.02 Å². The van der Waals surface area contributed by atoms with Crippen LogP contribution in [-0.2, 0) is 24.3 Å². The number of carbonyl (C=O) groups excluding carboxylic acids is 2. The smallest absolute Gasteiger partial charge is 0.310 e. The molecule has 2 atom stereocenters.